The lowest BCUT2D eigenvalue weighted by Crippen LogP contribution is -2.35. The molecular formula is C22H27F2N3O3S. The maximum atomic E-state index is 13.4. The van der Waals surface area contributed by atoms with Gasteiger partial charge in [-0.3, -0.25) is 4.79 Å². The van der Waals surface area contributed by atoms with E-state index in [-0.39, 0.29) is 23.4 Å². The van der Waals surface area contributed by atoms with Gasteiger partial charge in [0.1, 0.15) is 0 Å². The van der Waals surface area contributed by atoms with Crippen molar-refractivity contribution in [3.8, 4) is 0 Å². The van der Waals surface area contributed by atoms with Crippen LogP contribution in [0, 0.1) is 18.6 Å². The molecule has 0 spiro atoms. The molecule has 2 aromatic carbocycles. The molecule has 0 bridgehead atoms. The fraction of sp³-hybridized carbons (Fsp3) is 0.409. The van der Waals surface area contributed by atoms with Crippen LogP contribution in [0.25, 0.3) is 0 Å². The van der Waals surface area contributed by atoms with E-state index in [0.29, 0.717) is 24.3 Å². The molecule has 1 heterocycles. The molecule has 1 amide bonds. The number of nitrogens with one attached hydrogen (secondary N) is 2. The van der Waals surface area contributed by atoms with Crippen LogP contribution in [0.4, 0.5) is 14.5 Å². The molecule has 1 fully saturated rings. The highest BCUT2D eigenvalue weighted by molar-refractivity contribution is 7.89. The largest absolute Gasteiger partial charge is 0.325 e. The number of rotatable bonds is 7. The highest BCUT2D eigenvalue weighted by atomic mass is 32.2. The lowest BCUT2D eigenvalue weighted by Gasteiger charge is -2.26. The summed E-state index contributed by atoms with van der Waals surface area (Å²) in [4.78, 5) is 12.6. The number of nitrogens with zero attached hydrogens (tertiary/aromatic N) is 1. The third-order valence-electron chi connectivity index (χ3n) is 5.45. The second kappa shape index (κ2) is 9.84. The maximum absolute atomic E-state index is 13.4. The van der Waals surface area contributed by atoms with Gasteiger partial charge in [-0.05, 0) is 62.1 Å². The lowest BCUT2D eigenvalue weighted by atomic mass is 10.1. The van der Waals surface area contributed by atoms with E-state index in [1.165, 1.54) is 16.4 Å². The Balaban J connectivity index is 1.65. The minimum Gasteiger partial charge on any atom is -0.325 e. The quantitative estimate of drug-likeness (QED) is 0.672. The van der Waals surface area contributed by atoms with Gasteiger partial charge < -0.3 is 10.6 Å². The van der Waals surface area contributed by atoms with Gasteiger partial charge in [0.25, 0.3) is 0 Å². The van der Waals surface area contributed by atoms with E-state index < -0.39 is 21.7 Å². The van der Waals surface area contributed by atoms with Gasteiger partial charge in [-0.2, -0.15) is 4.31 Å². The van der Waals surface area contributed by atoms with E-state index in [9.17, 15) is 22.0 Å². The number of amides is 1. The zero-order chi connectivity index (χ0) is 22.6. The molecule has 1 saturated heterocycles. The molecule has 2 aromatic rings. The number of benzene rings is 2. The first-order chi connectivity index (χ1) is 14.7. The molecule has 6 nitrogen and oxygen atoms in total. The van der Waals surface area contributed by atoms with Gasteiger partial charge >= 0.3 is 0 Å². The topological polar surface area (TPSA) is 78.5 Å². The first-order valence-electron chi connectivity index (χ1n) is 10.3. The number of hydrogen-bond donors (Lipinski definition) is 2. The third-order valence-corrected chi connectivity index (χ3v) is 7.34. The standard InChI is InChI=1S/C22H27F2N3O3S/c1-15-6-8-18(31(29,30)27-10-4-3-5-11-27)13-21(15)26-22(28)14-25-16(2)17-7-9-19(23)20(24)12-17/h6-9,12-13,16,25H,3-5,10-11,14H2,1-2H3,(H,26,28)/t16-/m0/s1. The Morgan fingerprint density at radius 2 is 1.77 bits per heavy atom. The van der Waals surface area contributed by atoms with Gasteiger partial charge in [0.15, 0.2) is 11.6 Å². The molecule has 0 aromatic heterocycles. The fourth-order valence-corrected chi connectivity index (χ4v) is 5.03. The number of carbonyl (C=O) groups is 1. The fourth-order valence-electron chi connectivity index (χ4n) is 3.49. The van der Waals surface area contributed by atoms with Crippen molar-refractivity contribution in [2.24, 2.45) is 0 Å². The molecule has 0 unspecified atom stereocenters. The molecule has 31 heavy (non-hydrogen) atoms. The van der Waals surface area contributed by atoms with Crippen molar-refractivity contribution in [3.63, 3.8) is 0 Å². The van der Waals surface area contributed by atoms with Crippen LogP contribution >= 0.6 is 0 Å². The van der Waals surface area contributed by atoms with Crippen LogP contribution in [0.2, 0.25) is 0 Å². The first kappa shape index (κ1) is 23.3. The van der Waals surface area contributed by atoms with Gasteiger partial charge in [-0.25, -0.2) is 17.2 Å². The number of sulfonamides is 1. The number of anilines is 1. The predicted molar refractivity (Wildman–Crippen MR) is 115 cm³/mol. The summed E-state index contributed by atoms with van der Waals surface area (Å²) in [6.07, 6.45) is 2.71. The van der Waals surface area contributed by atoms with Crippen molar-refractivity contribution in [1.29, 1.82) is 0 Å². The van der Waals surface area contributed by atoms with Gasteiger partial charge in [0.05, 0.1) is 11.4 Å². The van der Waals surface area contributed by atoms with Crippen molar-refractivity contribution in [2.75, 3.05) is 25.0 Å². The van der Waals surface area contributed by atoms with Crippen molar-refractivity contribution in [1.82, 2.24) is 9.62 Å². The zero-order valence-electron chi connectivity index (χ0n) is 17.6. The Morgan fingerprint density at radius 3 is 2.45 bits per heavy atom. The van der Waals surface area contributed by atoms with Crippen molar-refractivity contribution < 1.29 is 22.0 Å². The molecule has 1 atom stereocenters. The Hall–Kier alpha value is -2.36. The van der Waals surface area contributed by atoms with E-state index in [0.717, 1.165) is 37.0 Å². The molecule has 2 N–H and O–H groups in total. The maximum Gasteiger partial charge on any atom is 0.243 e. The molecule has 1 aliphatic heterocycles. The van der Waals surface area contributed by atoms with Crippen LogP contribution in [-0.2, 0) is 14.8 Å². The second-order valence-electron chi connectivity index (χ2n) is 7.77. The summed E-state index contributed by atoms with van der Waals surface area (Å²) in [5.41, 5.74) is 1.67. The molecule has 0 aliphatic carbocycles. The molecular weight excluding hydrogens is 424 g/mol. The molecule has 3 rings (SSSR count). The van der Waals surface area contributed by atoms with Crippen LogP contribution < -0.4 is 10.6 Å². The SMILES string of the molecule is Cc1ccc(S(=O)(=O)N2CCCCC2)cc1NC(=O)CN[C@@H](C)c1ccc(F)c(F)c1. The summed E-state index contributed by atoms with van der Waals surface area (Å²) in [6.45, 7) is 4.44. The van der Waals surface area contributed by atoms with Gasteiger partial charge in [-0.1, -0.05) is 18.6 Å². The van der Waals surface area contributed by atoms with Crippen molar-refractivity contribution in [2.45, 2.75) is 44.0 Å². The van der Waals surface area contributed by atoms with E-state index >= 15 is 0 Å². The molecule has 1 aliphatic rings. The van der Waals surface area contributed by atoms with Crippen molar-refractivity contribution in [3.05, 3.63) is 59.2 Å². The summed E-state index contributed by atoms with van der Waals surface area (Å²) < 4.78 is 53.8. The molecule has 9 heteroatoms. The molecule has 0 radical (unpaired) electrons. The normalized spacial score (nSPS) is 16.1. The van der Waals surface area contributed by atoms with E-state index in [2.05, 4.69) is 10.6 Å². The highest BCUT2D eigenvalue weighted by Gasteiger charge is 2.26. The number of piperidine rings is 1. The van der Waals surface area contributed by atoms with Crippen molar-refractivity contribution >= 4 is 21.6 Å². The predicted octanol–water partition coefficient (Wildman–Crippen LogP) is 3.74. The average Bonchev–Trinajstić information content (AvgIpc) is 2.76. The Morgan fingerprint density at radius 1 is 1.06 bits per heavy atom. The van der Waals surface area contributed by atoms with Gasteiger partial charge in [0, 0.05) is 24.8 Å². The minimum absolute atomic E-state index is 0.0807. The summed E-state index contributed by atoms with van der Waals surface area (Å²) in [6, 6.07) is 7.91. The zero-order valence-corrected chi connectivity index (χ0v) is 18.4. The Labute approximate surface area is 181 Å². The Kier molecular flexibility index (Phi) is 7.40. The van der Waals surface area contributed by atoms with E-state index in [4.69, 9.17) is 0 Å². The summed E-state index contributed by atoms with van der Waals surface area (Å²) in [5.74, 6) is -2.24. The van der Waals surface area contributed by atoms with Crippen LogP contribution in [-0.4, -0.2) is 38.3 Å². The molecule has 0 saturated carbocycles. The Bertz CT molecular complexity index is 1050. The summed E-state index contributed by atoms with van der Waals surface area (Å²) in [7, 11) is -3.61. The first-order valence-corrected chi connectivity index (χ1v) is 11.7. The van der Waals surface area contributed by atoms with Gasteiger partial charge in [0.2, 0.25) is 15.9 Å². The number of hydrogen-bond acceptors (Lipinski definition) is 4. The van der Waals surface area contributed by atoms with E-state index in [1.807, 2.05) is 0 Å². The van der Waals surface area contributed by atoms with Crippen LogP contribution in [0.15, 0.2) is 41.3 Å². The van der Waals surface area contributed by atoms with E-state index in [1.54, 1.807) is 26.0 Å². The average molecular weight is 452 g/mol. The monoisotopic (exact) mass is 451 g/mol. The van der Waals surface area contributed by atoms with Gasteiger partial charge in [-0.15, -0.1) is 0 Å². The smallest absolute Gasteiger partial charge is 0.243 e. The number of carbonyl (C=O) groups excluding carboxylic acids is 1. The van der Waals surface area contributed by atoms with Crippen LogP contribution in [0.3, 0.4) is 0 Å². The summed E-state index contributed by atoms with van der Waals surface area (Å²) >= 11 is 0. The third kappa shape index (κ3) is 5.66. The lowest BCUT2D eigenvalue weighted by molar-refractivity contribution is -0.115. The second-order valence-corrected chi connectivity index (χ2v) is 9.70. The highest BCUT2D eigenvalue weighted by Crippen LogP contribution is 2.25. The number of halogens is 2. The van der Waals surface area contributed by atoms with Crippen LogP contribution in [0.5, 0.6) is 0 Å². The number of aryl methyl sites for hydroxylation is 1. The summed E-state index contributed by atoms with van der Waals surface area (Å²) in [5, 5.41) is 5.69. The molecule has 168 valence electrons. The minimum atomic E-state index is -3.61. The van der Waals surface area contributed by atoms with Crippen LogP contribution in [0.1, 0.15) is 43.4 Å².